The number of carboxylic acids is 1. The molecule has 0 saturated heterocycles. The number of aliphatic carboxylic acids is 1. The van der Waals surface area contributed by atoms with Crippen molar-refractivity contribution < 1.29 is 14.6 Å². The van der Waals surface area contributed by atoms with Crippen molar-refractivity contribution in [1.29, 1.82) is 0 Å². The van der Waals surface area contributed by atoms with Gasteiger partial charge in [0.15, 0.2) is 0 Å². The van der Waals surface area contributed by atoms with Crippen molar-refractivity contribution in [3.05, 3.63) is 0 Å². The number of rotatable bonds is 10. The fourth-order valence-electron chi connectivity index (χ4n) is 1.53. The number of ether oxygens (including phenoxy) is 1. The van der Waals surface area contributed by atoms with Gasteiger partial charge in [0, 0.05) is 13.2 Å². The number of hydrogen-bond donors (Lipinski definition) is 1. The summed E-state index contributed by atoms with van der Waals surface area (Å²) in [7, 11) is 2.07. The molecular weight excluding hydrogens is 218 g/mol. The Morgan fingerprint density at radius 2 is 1.94 bits per heavy atom. The number of likely N-dealkylation sites (N-methyl/N-ethyl adjacent to an activating group) is 1. The molecule has 0 rings (SSSR count). The second-order valence-corrected chi connectivity index (χ2v) is 5.15. The zero-order chi connectivity index (χ0) is 13.3. The first-order valence-electron chi connectivity index (χ1n) is 6.40. The summed E-state index contributed by atoms with van der Waals surface area (Å²) in [6.45, 7) is 9.05. The fourth-order valence-corrected chi connectivity index (χ4v) is 1.53. The van der Waals surface area contributed by atoms with Crippen LogP contribution in [0.4, 0.5) is 0 Å². The summed E-state index contributed by atoms with van der Waals surface area (Å²) in [5.74, 6) is -0.706. The van der Waals surface area contributed by atoms with Crippen LogP contribution in [0.1, 0.15) is 40.0 Å². The van der Waals surface area contributed by atoms with Crippen LogP contribution in [0.25, 0.3) is 0 Å². The summed E-state index contributed by atoms with van der Waals surface area (Å²) in [5.41, 5.74) is -0.593. The Labute approximate surface area is 105 Å². The Hall–Kier alpha value is -0.610. The third kappa shape index (κ3) is 8.16. The highest BCUT2D eigenvalue weighted by atomic mass is 16.5. The van der Waals surface area contributed by atoms with E-state index in [2.05, 4.69) is 11.9 Å². The smallest absolute Gasteiger partial charge is 0.309 e. The molecule has 0 saturated carbocycles. The molecule has 0 aromatic heterocycles. The third-order valence-corrected chi connectivity index (χ3v) is 2.99. The number of hydrogen-bond acceptors (Lipinski definition) is 3. The van der Waals surface area contributed by atoms with E-state index in [-0.39, 0.29) is 0 Å². The number of carboxylic acid groups (broad SMARTS) is 1. The summed E-state index contributed by atoms with van der Waals surface area (Å²) in [6, 6.07) is 0. The molecular formula is C13H27NO3. The molecule has 0 aliphatic heterocycles. The Morgan fingerprint density at radius 1 is 1.29 bits per heavy atom. The van der Waals surface area contributed by atoms with Crippen molar-refractivity contribution in [1.82, 2.24) is 4.90 Å². The Morgan fingerprint density at radius 3 is 2.47 bits per heavy atom. The lowest BCUT2D eigenvalue weighted by Crippen LogP contribution is -2.26. The molecule has 1 N–H and O–H groups in total. The largest absolute Gasteiger partial charge is 0.481 e. The van der Waals surface area contributed by atoms with E-state index >= 15 is 0 Å². The van der Waals surface area contributed by atoms with Gasteiger partial charge in [-0.05, 0) is 47.2 Å². The summed E-state index contributed by atoms with van der Waals surface area (Å²) < 4.78 is 5.28. The quantitative estimate of drug-likeness (QED) is 0.600. The average Bonchev–Trinajstić information content (AvgIpc) is 2.24. The van der Waals surface area contributed by atoms with Crippen LogP contribution in [0.3, 0.4) is 0 Å². The van der Waals surface area contributed by atoms with Gasteiger partial charge in [-0.1, -0.05) is 6.42 Å². The molecule has 0 fully saturated rings. The molecule has 4 heteroatoms. The van der Waals surface area contributed by atoms with Gasteiger partial charge in [0.1, 0.15) is 0 Å². The molecule has 0 heterocycles. The molecule has 0 amide bonds. The highest BCUT2D eigenvalue weighted by molar-refractivity contribution is 5.73. The molecule has 0 atom stereocenters. The van der Waals surface area contributed by atoms with Gasteiger partial charge >= 0.3 is 5.97 Å². The van der Waals surface area contributed by atoms with Crippen LogP contribution in [-0.2, 0) is 9.53 Å². The van der Waals surface area contributed by atoms with Crippen LogP contribution in [-0.4, -0.2) is 49.3 Å². The molecule has 0 aliphatic rings. The first-order valence-corrected chi connectivity index (χ1v) is 6.40. The maximum atomic E-state index is 10.9. The van der Waals surface area contributed by atoms with Gasteiger partial charge < -0.3 is 14.7 Å². The monoisotopic (exact) mass is 245 g/mol. The van der Waals surface area contributed by atoms with Crippen molar-refractivity contribution in [3.8, 4) is 0 Å². The average molecular weight is 245 g/mol. The number of carbonyl (C=O) groups is 1. The standard InChI is InChI=1S/C13H27NO3/c1-5-17-11-10-14(4)9-7-6-8-13(2,3)12(15)16/h5-11H2,1-4H3,(H,15,16). The van der Waals surface area contributed by atoms with Gasteiger partial charge in [-0.2, -0.15) is 0 Å². The number of unbranched alkanes of at least 4 members (excludes halogenated alkanes) is 1. The Bertz CT molecular complexity index is 217. The van der Waals surface area contributed by atoms with Crippen LogP contribution in [0.5, 0.6) is 0 Å². The van der Waals surface area contributed by atoms with E-state index in [4.69, 9.17) is 9.84 Å². The molecule has 0 aromatic carbocycles. The lowest BCUT2D eigenvalue weighted by Gasteiger charge is -2.20. The summed E-state index contributed by atoms with van der Waals surface area (Å²) in [4.78, 5) is 13.1. The minimum atomic E-state index is -0.706. The van der Waals surface area contributed by atoms with E-state index in [1.54, 1.807) is 13.8 Å². The predicted octanol–water partition coefficient (Wildman–Crippen LogP) is 2.24. The molecule has 0 aliphatic carbocycles. The van der Waals surface area contributed by atoms with Crippen LogP contribution >= 0.6 is 0 Å². The molecule has 4 nitrogen and oxygen atoms in total. The van der Waals surface area contributed by atoms with Gasteiger partial charge in [0.2, 0.25) is 0 Å². The van der Waals surface area contributed by atoms with E-state index < -0.39 is 11.4 Å². The van der Waals surface area contributed by atoms with E-state index in [1.807, 2.05) is 6.92 Å². The molecule has 17 heavy (non-hydrogen) atoms. The zero-order valence-corrected chi connectivity index (χ0v) is 11.7. The van der Waals surface area contributed by atoms with Gasteiger partial charge in [0.25, 0.3) is 0 Å². The van der Waals surface area contributed by atoms with Crippen molar-refractivity contribution in [2.24, 2.45) is 5.41 Å². The van der Waals surface area contributed by atoms with Crippen LogP contribution in [0, 0.1) is 5.41 Å². The third-order valence-electron chi connectivity index (χ3n) is 2.99. The van der Waals surface area contributed by atoms with Crippen LogP contribution in [0.2, 0.25) is 0 Å². The minimum Gasteiger partial charge on any atom is -0.481 e. The van der Waals surface area contributed by atoms with E-state index in [0.29, 0.717) is 0 Å². The van der Waals surface area contributed by atoms with Gasteiger partial charge in [0.05, 0.1) is 12.0 Å². The van der Waals surface area contributed by atoms with Gasteiger partial charge in [-0.3, -0.25) is 4.79 Å². The molecule has 0 spiro atoms. The lowest BCUT2D eigenvalue weighted by atomic mass is 9.87. The summed E-state index contributed by atoms with van der Waals surface area (Å²) >= 11 is 0. The van der Waals surface area contributed by atoms with Gasteiger partial charge in [-0.25, -0.2) is 0 Å². The first kappa shape index (κ1) is 16.4. The lowest BCUT2D eigenvalue weighted by molar-refractivity contribution is -0.147. The molecule has 0 aromatic rings. The second-order valence-electron chi connectivity index (χ2n) is 5.15. The van der Waals surface area contributed by atoms with Crippen LogP contribution < -0.4 is 0 Å². The van der Waals surface area contributed by atoms with E-state index in [0.717, 1.165) is 45.6 Å². The Balaban J connectivity index is 3.54. The first-order chi connectivity index (χ1) is 7.90. The highest BCUT2D eigenvalue weighted by Gasteiger charge is 2.25. The molecule has 0 radical (unpaired) electrons. The van der Waals surface area contributed by atoms with E-state index in [1.165, 1.54) is 0 Å². The maximum absolute atomic E-state index is 10.9. The summed E-state index contributed by atoms with van der Waals surface area (Å²) in [6.07, 6.45) is 2.74. The number of nitrogens with zero attached hydrogens (tertiary/aromatic N) is 1. The second kappa shape index (κ2) is 8.48. The van der Waals surface area contributed by atoms with Crippen molar-refractivity contribution in [2.75, 3.05) is 33.4 Å². The normalized spacial score (nSPS) is 12.1. The van der Waals surface area contributed by atoms with Crippen molar-refractivity contribution >= 4 is 5.97 Å². The molecule has 0 unspecified atom stereocenters. The predicted molar refractivity (Wildman–Crippen MR) is 69.3 cm³/mol. The van der Waals surface area contributed by atoms with Crippen LogP contribution in [0.15, 0.2) is 0 Å². The highest BCUT2D eigenvalue weighted by Crippen LogP contribution is 2.23. The summed E-state index contributed by atoms with van der Waals surface area (Å²) in [5, 5.41) is 8.97. The Kier molecular flexibility index (Phi) is 8.17. The molecule has 0 bridgehead atoms. The van der Waals surface area contributed by atoms with Gasteiger partial charge in [-0.15, -0.1) is 0 Å². The molecule has 102 valence electrons. The maximum Gasteiger partial charge on any atom is 0.309 e. The van der Waals surface area contributed by atoms with Crippen molar-refractivity contribution in [2.45, 2.75) is 40.0 Å². The minimum absolute atomic E-state index is 0.593. The fraction of sp³-hybridized carbons (Fsp3) is 0.923. The SMILES string of the molecule is CCOCCN(C)CCCCC(C)(C)C(=O)O. The zero-order valence-electron chi connectivity index (χ0n) is 11.7. The van der Waals surface area contributed by atoms with E-state index in [9.17, 15) is 4.79 Å². The van der Waals surface area contributed by atoms with Crippen molar-refractivity contribution in [3.63, 3.8) is 0 Å². The topological polar surface area (TPSA) is 49.8 Å².